The van der Waals surface area contributed by atoms with Crippen molar-refractivity contribution in [2.45, 2.75) is 30.7 Å². The molecule has 0 radical (unpaired) electrons. The van der Waals surface area contributed by atoms with Crippen molar-refractivity contribution in [2.75, 3.05) is 13.2 Å². The normalized spacial score (nSPS) is 20.4. The number of sulfonamides is 1. The summed E-state index contributed by atoms with van der Waals surface area (Å²) in [6, 6.07) is 6.23. The molecule has 0 spiro atoms. The van der Waals surface area contributed by atoms with Crippen molar-refractivity contribution >= 4 is 10.0 Å². The van der Waals surface area contributed by atoms with Gasteiger partial charge in [0.25, 0.3) is 0 Å². The van der Waals surface area contributed by atoms with Crippen molar-refractivity contribution in [3.63, 3.8) is 0 Å². The minimum absolute atomic E-state index is 0.159. The van der Waals surface area contributed by atoms with Crippen LogP contribution in [0.2, 0.25) is 0 Å². The summed E-state index contributed by atoms with van der Waals surface area (Å²) in [4.78, 5) is 0.159. The predicted octanol–water partition coefficient (Wildman–Crippen LogP) is 1.01. The molecule has 1 aromatic rings. The zero-order valence-electron chi connectivity index (χ0n) is 10.7. The number of aryl methyl sites for hydroxylation is 1. The third-order valence-corrected chi connectivity index (χ3v) is 5.53. The number of nitrogens with zero attached hydrogens (tertiary/aromatic N) is 2. The first-order valence-electron chi connectivity index (χ1n) is 6.14. The summed E-state index contributed by atoms with van der Waals surface area (Å²) in [5.41, 5.74) is 0.937. The Hall–Kier alpha value is -1.42. The fraction of sp³-hybridized carbons (Fsp3) is 0.462. The van der Waals surface area contributed by atoms with E-state index in [0.717, 1.165) is 6.42 Å². The zero-order chi connectivity index (χ0) is 14.0. The molecule has 1 N–H and O–H groups in total. The Morgan fingerprint density at radius 1 is 1.53 bits per heavy atom. The molecule has 0 unspecified atom stereocenters. The van der Waals surface area contributed by atoms with Crippen molar-refractivity contribution in [2.24, 2.45) is 0 Å². The highest BCUT2D eigenvalue weighted by atomic mass is 32.2. The van der Waals surface area contributed by atoms with Gasteiger partial charge in [-0.05, 0) is 37.5 Å². The van der Waals surface area contributed by atoms with Crippen LogP contribution in [0.15, 0.2) is 23.1 Å². The first-order chi connectivity index (χ1) is 9.00. The molecule has 102 valence electrons. The average Bonchev–Trinajstić information content (AvgIpc) is 2.88. The van der Waals surface area contributed by atoms with Crippen LogP contribution < -0.4 is 0 Å². The van der Waals surface area contributed by atoms with Crippen LogP contribution in [-0.2, 0) is 10.0 Å². The van der Waals surface area contributed by atoms with E-state index in [2.05, 4.69) is 0 Å². The summed E-state index contributed by atoms with van der Waals surface area (Å²) in [7, 11) is -3.64. The van der Waals surface area contributed by atoms with Crippen molar-refractivity contribution in [1.29, 1.82) is 5.26 Å². The van der Waals surface area contributed by atoms with Gasteiger partial charge >= 0.3 is 0 Å². The predicted molar refractivity (Wildman–Crippen MR) is 69.9 cm³/mol. The van der Waals surface area contributed by atoms with E-state index in [9.17, 15) is 13.5 Å². The highest BCUT2D eigenvalue weighted by molar-refractivity contribution is 7.89. The third kappa shape index (κ3) is 2.50. The summed E-state index contributed by atoms with van der Waals surface area (Å²) in [6.45, 7) is 1.96. The minimum Gasteiger partial charge on any atom is -0.395 e. The number of aliphatic hydroxyl groups excluding tert-OH is 1. The van der Waals surface area contributed by atoms with Gasteiger partial charge in [-0.15, -0.1) is 0 Å². The van der Waals surface area contributed by atoms with Crippen LogP contribution >= 0.6 is 0 Å². The quantitative estimate of drug-likeness (QED) is 0.896. The van der Waals surface area contributed by atoms with E-state index in [1.54, 1.807) is 19.1 Å². The van der Waals surface area contributed by atoms with Crippen LogP contribution in [-0.4, -0.2) is 37.0 Å². The lowest BCUT2D eigenvalue weighted by Crippen LogP contribution is -2.37. The maximum Gasteiger partial charge on any atom is 0.243 e. The minimum atomic E-state index is -3.64. The number of hydrogen-bond acceptors (Lipinski definition) is 4. The Bertz CT molecular complexity index is 619. The number of hydrogen-bond donors (Lipinski definition) is 1. The highest BCUT2D eigenvalue weighted by Crippen LogP contribution is 2.28. The van der Waals surface area contributed by atoms with Gasteiger partial charge in [0, 0.05) is 12.6 Å². The second-order valence-corrected chi connectivity index (χ2v) is 6.55. The van der Waals surface area contributed by atoms with E-state index in [0.29, 0.717) is 24.1 Å². The SMILES string of the molecule is Cc1ccc(C#N)cc1S(=O)(=O)N1CCC[C@@H]1CO. The maximum absolute atomic E-state index is 12.6. The molecule has 0 aliphatic carbocycles. The van der Waals surface area contributed by atoms with Crippen LogP contribution in [0, 0.1) is 18.3 Å². The van der Waals surface area contributed by atoms with Gasteiger partial charge in [-0.25, -0.2) is 8.42 Å². The van der Waals surface area contributed by atoms with E-state index in [1.807, 2.05) is 6.07 Å². The topological polar surface area (TPSA) is 81.4 Å². The number of nitriles is 1. The van der Waals surface area contributed by atoms with Crippen LogP contribution in [0.3, 0.4) is 0 Å². The number of benzene rings is 1. The van der Waals surface area contributed by atoms with Gasteiger partial charge in [-0.1, -0.05) is 6.07 Å². The summed E-state index contributed by atoms with van der Waals surface area (Å²) in [6.07, 6.45) is 1.42. The Labute approximate surface area is 113 Å². The van der Waals surface area contributed by atoms with Crippen LogP contribution in [0.1, 0.15) is 24.0 Å². The number of rotatable bonds is 3. The van der Waals surface area contributed by atoms with Crippen molar-refractivity contribution in [3.05, 3.63) is 29.3 Å². The first-order valence-corrected chi connectivity index (χ1v) is 7.58. The number of aliphatic hydroxyl groups is 1. The second kappa shape index (κ2) is 5.29. The van der Waals surface area contributed by atoms with Crippen molar-refractivity contribution in [1.82, 2.24) is 4.31 Å². The second-order valence-electron chi connectivity index (χ2n) is 4.69. The largest absolute Gasteiger partial charge is 0.395 e. The third-order valence-electron chi connectivity index (χ3n) is 3.44. The van der Waals surface area contributed by atoms with Gasteiger partial charge in [0.2, 0.25) is 10.0 Å². The summed E-state index contributed by atoms with van der Waals surface area (Å²) in [5.74, 6) is 0. The standard InChI is InChI=1S/C13H16N2O3S/c1-10-4-5-11(8-14)7-13(10)19(17,18)15-6-2-3-12(15)9-16/h4-5,7,12,16H,2-3,6,9H2,1H3/t12-/m1/s1. The maximum atomic E-state index is 12.6. The smallest absolute Gasteiger partial charge is 0.243 e. The monoisotopic (exact) mass is 280 g/mol. The molecule has 0 saturated carbocycles. The Balaban J connectivity index is 2.48. The van der Waals surface area contributed by atoms with Crippen LogP contribution in [0.4, 0.5) is 0 Å². The Morgan fingerprint density at radius 3 is 2.89 bits per heavy atom. The van der Waals surface area contributed by atoms with Gasteiger partial charge in [-0.3, -0.25) is 0 Å². The molecule has 1 atom stereocenters. The average molecular weight is 280 g/mol. The lowest BCUT2D eigenvalue weighted by atomic mass is 10.2. The molecule has 1 fully saturated rings. The summed E-state index contributed by atoms with van der Waals surface area (Å²) >= 11 is 0. The van der Waals surface area contributed by atoms with Crippen LogP contribution in [0.5, 0.6) is 0 Å². The van der Waals surface area contributed by atoms with Gasteiger partial charge < -0.3 is 5.11 Å². The fourth-order valence-corrected chi connectivity index (χ4v) is 4.32. The summed E-state index contributed by atoms with van der Waals surface area (Å²) < 4.78 is 26.5. The molecule has 19 heavy (non-hydrogen) atoms. The van der Waals surface area contributed by atoms with E-state index in [1.165, 1.54) is 10.4 Å². The molecule has 1 aliphatic rings. The first kappa shape index (κ1) is 14.0. The van der Waals surface area contributed by atoms with E-state index < -0.39 is 10.0 Å². The van der Waals surface area contributed by atoms with Gasteiger partial charge in [0.1, 0.15) is 0 Å². The Kier molecular flexibility index (Phi) is 3.90. The van der Waals surface area contributed by atoms with Crippen molar-refractivity contribution in [3.8, 4) is 6.07 Å². The molecule has 6 heteroatoms. The molecule has 1 aliphatic heterocycles. The molecule has 0 bridgehead atoms. The van der Waals surface area contributed by atoms with Gasteiger partial charge in [0.15, 0.2) is 0 Å². The highest BCUT2D eigenvalue weighted by Gasteiger charge is 2.35. The molecule has 2 rings (SSSR count). The molecule has 1 aromatic carbocycles. The zero-order valence-corrected chi connectivity index (χ0v) is 11.5. The molecule has 0 amide bonds. The Morgan fingerprint density at radius 2 is 2.26 bits per heavy atom. The van der Waals surface area contributed by atoms with Crippen molar-refractivity contribution < 1.29 is 13.5 Å². The van der Waals surface area contributed by atoms with Crippen LogP contribution in [0.25, 0.3) is 0 Å². The fourth-order valence-electron chi connectivity index (χ4n) is 2.38. The molecule has 0 aromatic heterocycles. The molecule has 1 saturated heterocycles. The molecule has 1 heterocycles. The van der Waals surface area contributed by atoms with E-state index in [-0.39, 0.29) is 17.5 Å². The van der Waals surface area contributed by atoms with E-state index >= 15 is 0 Å². The lowest BCUT2D eigenvalue weighted by molar-refractivity contribution is 0.213. The molecular weight excluding hydrogens is 264 g/mol. The van der Waals surface area contributed by atoms with E-state index in [4.69, 9.17) is 5.26 Å². The molecular formula is C13H16N2O3S. The molecule has 5 nitrogen and oxygen atoms in total. The van der Waals surface area contributed by atoms with Gasteiger partial charge in [-0.2, -0.15) is 9.57 Å². The lowest BCUT2D eigenvalue weighted by Gasteiger charge is -2.23. The van der Waals surface area contributed by atoms with Gasteiger partial charge in [0.05, 0.1) is 23.1 Å². The summed E-state index contributed by atoms with van der Waals surface area (Å²) in [5, 5.41) is 18.1.